The Morgan fingerprint density at radius 2 is 1.55 bits per heavy atom. The van der Waals surface area contributed by atoms with Crippen molar-refractivity contribution in [1.82, 2.24) is 4.31 Å². The molecule has 0 saturated carbocycles. The highest BCUT2D eigenvalue weighted by Crippen LogP contribution is 2.27. The van der Waals surface area contributed by atoms with Crippen molar-refractivity contribution in [3.63, 3.8) is 0 Å². The lowest BCUT2D eigenvalue weighted by Crippen LogP contribution is -2.22. The van der Waals surface area contributed by atoms with E-state index in [2.05, 4.69) is 0 Å². The Balaban J connectivity index is 0.00000420. The molecule has 0 radical (unpaired) electrons. The first-order chi connectivity index (χ1) is 13.1. The first-order valence-corrected chi connectivity index (χ1v) is 11.2. The number of hydrogen-bond donors (Lipinski definition) is 1. The van der Waals surface area contributed by atoms with Crippen LogP contribution in [0.2, 0.25) is 0 Å². The van der Waals surface area contributed by atoms with Crippen molar-refractivity contribution in [3.8, 4) is 11.5 Å². The van der Waals surface area contributed by atoms with Gasteiger partial charge in [0.15, 0.2) is 9.84 Å². The van der Waals surface area contributed by atoms with Crippen LogP contribution in [0.25, 0.3) is 0 Å². The number of nitrogens with zero attached hydrogens (tertiary/aromatic N) is 1. The van der Waals surface area contributed by atoms with E-state index in [0.717, 1.165) is 10.4 Å². The summed E-state index contributed by atoms with van der Waals surface area (Å²) in [6, 6.07) is 11.4. The lowest BCUT2D eigenvalue weighted by Gasteiger charge is -2.13. The molecular weight excluding hydrogens is 443 g/mol. The first kappa shape index (κ1) is 25.1. The summed E-state index contributed by atoms with van der Waals surface area (Å²) in [6.07, 6.45) is 0.995. The van der Waals surface area contributed by atoms with E-state index in [-0.39, 0.29) is 40.2 Å². The lowest BCUT2D eigenvalue weighted by atomic mass is 10.3. The van der Waals surface area contributed by atoms with Crippen molar-refractivity contribution in [2.45, 2.75) is 9.79 Å². The maximum Gasteiger partial charge on any atom is 0.242 e. The molecule has 2 aromatic rings. The fourth-order valence-corrected chi connectivity index (χ4v) is 4.39. The summed E-state index contributed by atoms with van der Waals surface area (Å²) in [4.78, 5) is -0.0876. The highest BCUT2D eigenvalue weighted by Gasteiger charge is 2.19. The van der Waals surface area contributed by atoms with Crippen LogP contribution in [0.3, 0.4) is 0 Å². The smallest absolute Gasteiger partial charge is 0.242 e. The van der Waals surface area contributed by atoms with Crippen LogP contribution < -0.4 is 10.5 Å². The highest BCUT2D eigenvalue weighted by molar-refractivity contribution is 7.91. The quantitative estimate of drug-likeness (QED) is 0.643. The van der Waals surface area contributed by atoms with E-state index in [9.17, 15) is 21.2 Å². The molecule has 0 amide bonds. The normalized spacial score (nSPS) is 12.5. The van der Waals surface area contributed by atoms with Gasteiger partial charge in [0.05, 0.1) is 9.79 Å². The zero-order valence-electron chi connectivity index (χ0n) is 15.8. The molecular formula is C18H22ClFN2O5S2. The van der Waals surface area contributed by atoms with Gasteiger partial charge in [-0.2, -0.15) is 0 Å². The Hall–Kier alpha value is -1.98. The first-order valence-electron chi connectivity index (χ1n) is 8.14. The van der Waals surface area contributed by atoms with Crippen LogP contribution in [-0.2, 0) is 19.9 Å². The van der Waals surface area contributed by atoms with Gasteiger partial charge in [-0.15, -0.1) is 12.4 Å². The summed E-state index contributed by atoms with van der Waals surface area (Å²) in [5.74, 6) is -1.25. The molecule has 2 aromatic carbocycles. The molecule has 0 bridgehead atoms. The van der Waals surface area contributed by atoms with Gasteiger partial charge in [-0.25, -0.2) is 25.5 Å². The summed E-state index contributed by atoms with van der Waals surface area (Å²) in [6.45, 7) is -0.100. The van der Waals surface area contributed by atoms with Crippen molar-refractivity contribution < 1.29 is 26.0 Å². The fraction of sp³-hybridized carbons (Fsp3) is 0.222. The van der Waals surface area contributed by atoms with Gasteiger partial charge >= 0.3 is 0 Å². The molecule has 2 N–H and O–H groups in total. The van der Waals surface area contributed by atoms with E-state index < -0.39 is 31.4 Å². The summed E-state index contributed by atoms with van der Waals surface area (Å²) in [5.41, 5.74) is 5.18. The molecule has 0 atom stereocenters. The Morgan fingerprint density at radius 1 is 1.03 bits per heavy atom. The van der Waals surface area contributed by atoms with Gasteiger partial charge in [-0.05, 0) is 36.4 Å². The maximum absolute atomic E-state index is 13.6. The van der Waals surface area contributed by atoms with Gasteiger partial charge < -0.3 is 10.5 Å². The summed E-state index contributed by atoms with van der Waals surface area (Å²) in [7, 11) is -4.74. The third-order valence-electron chi connectivity index (χ3n) is 3.65. The molecule has 0 heterocycles. The van der Waals surface area contributed by atoms with Crippen LogP contribution in [0.1, 0.15) is 0 Å². The van der Waals surface area contributed by atoms with E-state index >= 15 is 0 Å². The molecule has 160 valence electrons. The predicted octanol–water partition coefficient (Wildman–Crippen LogP) is 2.74. The second-order valence-corrected chi connectivity index (χ2v) is 10.1. The average molecular weight is 465 g/mol. The van der Waals surface area contributed by atoms with Gasteiger partial charge in [0.25, 0.3) is 0 Å². The summed E-state index contributed by atoms with van der Waals surface area (Å²) >= 11 is 0. The summed E-state index contributed by atoms with van der Waals surface area (Å²) < 4.78 is 69.3. The standard InChI is InChI=1S/C18H21FN2O5S2.ClH/c1-21(2)28(24,25)18-8-4-6-16(12-18)26-15-5-3-7-17(11-15)27(22,23)13-14(19)9-10-20;/h3-9,11-12H,10,13,20H2,1-2H3;1H. The molecule has 7 nitrogen and oxygen atoms in total. The van der Waals surface area contributed by atoms with E-state index in [4.69, 9.17) is 10.5 Å². The minimum atomic E-state index is -3.92. The molecule has 0 aliphatic carbocycles. The van der Waals surface area contributed by atoms with Crippen molar-refractivity contribution in [3.05, 3.63) is 60.4 Å². The second-order valence-electron chi connectivity index (χ2n) is 5.98. The summed E-state index contributed by atoms with van der Waals surface area (Å²) in [5, 5.41) is 0. The van der Waals surface area contributed by atoms with Crippen molar-refractivity contribution >= 4 is 32.3 Å². The van der Waals surface area contributed by atoms with Gasteiger partial charge in [0.1, 0.15) is 23.1 Å². The van der Waals surface area contributed by atoms with Gasteiger partial charge in [0, 0.05) is 26.7 Å². The molecule has 11 heteroatoms. The van der Waals surface area contributed by atoms with Crippen molar-refractivity contribution in [2.75, 3.05) is 26.4 Å². The number of hydrogen-bond acceptors (Lipinski definition) is 6. The molecule has 0 fully saturated rings. The van der Waals surface area contributed by atoms with Crippen LogP contribution >= 0.6 is 12.4 Å². The number of benzene rings is 2. The second kappa shape index (κ2) is 10.2. The van der Waals surface area contributed by atoms with Crippen molar-refractivity contribution in [1.29, 1.82) is 0 Å². The van der Waals surface area contributed by atoms with Crippen LogP contribution in [0, 0.1) is 0 Å². The van der Waals surface area contributed by atoms with Crippen LogP contribution in [0.5, 0.6) is 11.5 Å². The minimum absolute atomic E-state index is 0. The number of sulfone groups is 1. The third-order valence-corrected chi connectivity index (χ3v) is 7.09. The predicted molar refractivity (Wildman–Crippen MR) is 111 cm³/mol. The van der Waals surface area contributed by atoms with E-state index in [1.807, 2.05) is 0 Å². The number of rotatable bonds is 8. The zero-order chi connectivity index (χ0) is 20.9. The van der Waals surface area contributed by atoms with Crippen molar-refractivity contribution in [2.24, 2.45) is 5.73 Å². The van der Waals surface area contributed by atoms with E-state index in [1.54, 1.807) is 6.07 Å². The van der Waals surface area contributed by atoms with Gasteiger partial charge in [-0.3, -0.25) is 0 Å². The molecule has 2 rings (SSSR count). The number of halogens is 2. The lowest BCUT2D eigenvalue weighted by molar-refractivity contribution is 0.477. The Labute approximate surface area is 176 Å². The molecule has 0 unspecified atom stereocenters. The minimum Gasteiger partial charge on any atom is -0.457 e. The van der Waals surface area contributed by atoms with Gasteiger partial charge in [0.2, 0.25) is 10.0 Å². The van der Waals surface area contributed by atoms with E-state index in [1.165, 1.54) is 56.6 Å². The van der Waals surface area contributed by atoms with Gasteiger partial charge in [-0.1, -0.05) is 12.1 Å². The van der Waals surface area contributed by atoms with E-state index in [0.29, 0.717) is 0 Å². The van der Waals surface area contributed by atoms with Crippen LogP contribution in [0.4, 0.5) is 4.39 Å². The largest absolute Gasteiger partial charge is 0.457 e. The van der Waals surface area contributed by atoms with Crippen LogP contribution in [0.15, 0.2) is 70.2 Å². The Morgan fingerprint density at radius 3 is 2.07 bits per heavy atom. The average Bonchev–Trinajstić information content (AvgIpc) is 2.62. The Kier molecular flexibility index (Phi) is 8.79. The number of nitrogens with two attached hydrogens (primary N) is 1. The monoisotopic (exact) mass is 464 g/mol. The number of sulfonamides is 1. The number of ether oxygens (including phenoxy) is 1. The maximum atomic E-state index is 13.6. The molecule has 0 aliphatic heterocycles. The molecule has 0 saturated heterocycles. The molecule has 29 heavy (non-hydrogen) atoms. The Bertz CT molecular complexity index is 1090. The van der Waals surface area contributed by atoms with Crippen LogP contribution in [-0.4, -0.2) is 47.5 Å². The zero-order valence-corrected chi connectivity index (χ0v) is 18.2. The molecule has 0 spiro atoms. The SMILES string of the molecule is CN(C)S(=O)(=O)c1cccc(Oc2cccc(S(=O)(=O)CC(F)=CCN)c2)c1.Cl. The fourth-order valence-electron chi connectivity index (χ4n) is 2.23. The third kappa shape index (κ3) is 6.51. The molecule has 0 aromatic heterocycles. The topological polar surface area (TPSA) is 107 Å². The molecule has 0 aliphatic rings. The highest BCUT2D eigenvalue weighted by atomic mass is 35.5.